The molecule has 0 radical (unpaired) electrons. The average molecular weight is 567 g/mol. The fraction of sp³-hybridized carbons (Fsp3) is 0.406. The molecule has 1 aliphatic carbocycles. The van der Waals surface area contributed by atoms with Gasteiger partial charge in [0.2, 0.25) is 0 Å². The number of anilines is 2. The number of aromatic nitrogens is 4. The first-order valence-corrected chi connectivity index (χ1v) is 14.9. The highest BCUT2D eigenvalue weighted by atomic mass is 16.3. The van der Waals surface area contributed by atoms with Gasteiger partial charge in [0.15, 0.2) is 5.65 Å². The van der Waals surface area contributed by atoms with Crippen LogP contribution in [-0.2, 0) is 13.1 Å². The van der Waals surface area contributed by atoms with Crippen LogP contribution >= 0.6 is 0 Å². The lowest BCUT2D eigenvalue weighted by atomic mass is 9.90. The topological polar surface area (TPSA) is 106 Å². The number of benzene rings is 1. The van der Waals surface area contributed by atoms with Crippen molar-refractivity contribution in [2.24, 2.45) is 0 Å². The molecular weight excluding hydrogens is 528 g/mol. The zero-order valence-electron chi connectivity index (χ0n) is 24.1. The number of hydrogen-bond donors (Lipinski definition) is 1. The molecule has 1 aromatic carbocycles. The van der Waals surface area contributed by atoms with E-state index in [1.54, 1.807) is 18.9 Å². The molecule has 5 heterocycles. The zero-order chi connectivity index (χ0) is 28.5. The van der Waals surface area contributed by atoms with Crippen LogP contribution in [0.5, 0.6) is 0 Å². The number of nitrogens with two attached hydrogens (primary N) is 1. The predicted molar refractivity (Wildman–Crippen MR) is 163 cm³/mol. The Morgan fingerprint density at radius 2 is 1.55 bits per heavy atom. The van der Waals surface area contributed by atoms with Gasteiger partial charge in [0.1, 0.15) is 29.4 Å². The molecule has 5 aromatic rings. The standard InChI is InChI=1S/C32H38N8O2/c1-37-13-15-38(16-14-37)24-9-11-25(12-10-24)40-32-29(31(33)34-22-35-32)30(36-40)23-5-2-6-26(19-23)39(20-27-7-3-17-41-27)21-28-8-4-18-42-28/h2-8,17-19,22,24-25H,9-16,20-21H2,1H3,(H2,33,34,35). The normalized spacial score (nSPS) is 20.3. The molecule has 0 atom stereocenters. The maximum Gasteiger partial charge on any atom is 0.164 e. The summed E-state index contributed by atoms with van der Waals surface area (Å²) in [5.41, 5.74) is 10.1. The summed E-state index contributed by atoms with van der Waals surface area (Å²) < 4.78 is 13.5. The molecule has 2 aliphatic rings. The summed E-state index contributed by atoms with van der Waals surface area (Å²) in [4.78, 5) is 16.4. The van der Waals surface area contributed by atoms with Gasteiger partial charge >= 0.3 is 0 Å². The number of furan rings is 2. The van der Waals surface area contributed by atoms with Crippen LogP contribution in [0.15, 0.2) is 76.2 Å². The zero-order valence-corrected chi connectivity index (χ0v) is 24.1. The average Bonchev–Trinajstić information content (AvgIpc) is 3.80. The molecule has 218 valence electrons. The molecular formula is C32H38N8O2. The first-order valence-electron chi connectivity index (χ1n) is 14.9. The number of rotatable bonds is 8. The highest BCUT2D eigenvalue weighted by Gasteiger charge is 2.30. The predicted octanol–water partition coefficient (Wildman–Crippen LogP) is 5.20. The highest BCUT2D eigenvalue weighted by molar-refractivity contribution is 5.98. The molecule has 7 rings (SSSR count). The minimum atomic E-state index is 0.289. The molecule has 1 saturated heterocycles. The Hall–Kier alpha value is -4.15. The van der Waals surface area contributed by atoms with Gasteiger partial charge in [-0.05, 0) is 69.1 Å². The van der Waals surface area contributed by atoms with E-state index in [1.165, 1.54) is 12.8 Å². The van der Waals surface area contributed by atoms with Crippen molar-refractivity contribution in [3.8, 4) is 11.3 Å². The Morgan fingerprint density at radius 1 is 0.857 bits per heavy atom. The van der Waals surface area contributed by atoms with E-state index in [-0.39, 0.29) is 6.04 Å². The molecule has 0 amide bonds. The third-order valence-corrected chi connectivity index (χ3v) is 8.92. The lowest BCUT2D eigenvalue weighted by Gasteiger charge is -2.41. The largest absolute Gasteiger partial charge is 0.467 e. The SMILES string of the molecule is CN1CCN(C2CCC(n3nc(-c4cccc(N(Cc5ccco5)Cc5ccco5)c4)c4c(N)ncnc43)CC2)CC1. The van der Waals surface area contributed by atoms with E-state index in [4.69, 9.17) is 24.7 Å². The number of fused-ring (bicyclic) bond motifs is 1. The van der Waals surface area contributed by atoms with E-state index >= 15 is 0 Å². The van der Waals surface area contributed by atoms with Crippen LogP contribution in [0.2, 0.25) is 0 Å². The van der Waals surface area contributed by atoms with Crippen LogP contribution in [0.3, 0.4) is 0 Å². The highest BCUT2D eigenvalue weighted by Crippen LogP contribution is 2.38. The van der Waals surface area contributed by atoms with Crippen LogP contribution < -0.4 is 10.6 Å². The number of nitrogens with zero attached hydrogens (tertiary/aromatic N) is 7. The van der Waals surface area contributed by atoms with Crippen LogP contribution in [0, 0.1) is 0 Å². The second-order valence-electron chi connectivity index (χ2n) is 11.6. The van der Waals surface area contributed by atoms with Gasteiger partial charge < -0.3 is 24.4 Å². The second-order valence-corrected chi connectivity index (χ2v) is 11.6. The smallest absolute Gasteiger partial charge is 0.164 e. The molecule has 0 unspecified atom stereocenters. The summed E-state index contributed by atoms with van der Waals surface area (Å²) in [7, 11) is 2.22. The van der Waals surface area contributed by atoms with Crippen molar-refractivity contribution in [1.82, 2.24) is 29.5 Å². The van der Waals surface area contributed by atoms with Gasteiger partial charge in [0.05, 0.1) is 37.0 Å². The summed E-state index contributed by atoms with van der Waals surface area (Å²) >= 11 is 0. The van der Waals surface area contributed by atoms with E-state index in [9.17, 15) is 0 Å². The van der Waals surface area contributed by atoms with Crippen LogP contribution in [0.25, 0.3) is 22.3 Å². The summed E-state index contributed by atoms with van der Waals surface area (Å²) in [5, 5.41) is 6.02. The van der Waals surface area contributed by atoms with Gasteiger partial charge in [-0.3, -0.25) is 4.90 Å². The Kier molecular flexibility index (Phi) is 7.39. The van der Waals surface area contributed by atoms with Crippen molar-refractivity contribution in [1.29, 1.82) is 0 Å². The molecule has 0 bridgehead atoms. The van der Waals surface area contributed by atoms with Crippen molar-refractivity contribution < 1.29 is 8.83 Å². The van der Waals surface area contributed by atoms with Gasteiger partial charge in [-0.2, -0.15) is 5.10 Å². The Balaban J connectivity index is 1.18. The maximum atomic E-state index is 6.50. The van der Waals surface area contributed by atoms with E-state index in [0.29, 0.717) is 24.9 Å². The van der Waals surface area contributed by atoms with E-state index in [2.05, 4.69) is 55.7 Å². The second kappa shape index (κ2) is 11.6. The summed E-state index contributed by atoms with van der Waals surface area (Å²) in [6.07, 6.45) is 9.48. The number of likely N-dealkylation sites (N-methyl/N-ethyl adjacent to an activating group) is 1. The summed E-state index contributed by atoms with van der Waals surface area (Å²) in [5.74, 6) is 2.22. The fourth-order valence-corrected chi connectivity index (χ4v) is 6.58. The number of nitrogen functional groups attached to an aromatic ring is 1. The maximum absolute atomic E-state index is 6.50. The van der Waals surface area contributed by atoms with Crippen LogP contribution in [0.1, 0.15) is 43.2 Å². The number of piperazine rings is 1. The lowest BCUT2D eigenvalue weighted by molar-refractivity contribution is 0.0815. The first kappa shape index (κ1) is 26.7. The molecule has 2 fully saturated rings. The van der Waals surface area contributed by atoms with Gasteiger partial charge in [0, 0.05) is 43.5 Å². The van der Waals surface area contributed by atoms with Gasteiger partial charge in [0.25, 0.3) is 0 Å². The molecule has 0 spiro atoms. The Bertz CT molecular complexity index is 1560. The molecule has 10 nitrogen and oxygen atoms in total. The molecule has 1 aliphatic heterocycles. The van der Waals surface area contributed by atoms with Crippen molar-refractivity contribution in [3.63, 3.8) is 0 Å². The quantitative estimate of drug-likeness (QED) is 0.271. The van der Waals surface area contributed by atoms with Gasteiger partial charge in [-0.15, -0.1) is 0 Å². The lowest BCUT2D eigenvalue weighted by Crippen LogP contribution is -2.49. The van der Waals surface area contributed by atoms with Crippen LogP contribution in [0.4, 0.5) is 11.5 Å². The molecule has 4 aromatic heterocycles. The van der Waals surface area contributed by atoms with Gasteiger partial charge in [-0.25, -0.2) is 14.6 Å². The molecule has 42 heavy (non-hydrogen) atoms. The molecule has 1 saturated carbocycles. The van der Waals surface area contributed by atoms with Crippen molar-refractivity contribution in [2.45, 2.75) is 50.9 Å². The number of hydrogen-bond acceptors (Lipinski definition) is 9. The van der Waals surface area contributed by atoms with E-state index < -0.39 is 0 Å². The van der Waals surface area contributed by atoms with Crippen LogP contribution in [-0.4, -0.2) is 68.8 Å². The Morgan fingerprint density at radius 3 is 2.21 bits per heavy atom. The van der Waals surface area contributed by atoms with Gasteiger partial charge in [-0.1, -0.05) is 12.1 Å². The van der Waals surface area contributed by atoms with E-state index in [1.807, 2.05) is 24.3 Å². The minimum Gasteiger partial charge on any atom is -0.467 e. The van der Waals surface area contributed by atoms with Crippen molar-refractivity contribution in [2.75, 3.05) is 43.9 Å². The Labute approximate surface area is 245 Å². The van der Waals surface area contributed by atoms with E-state index in [0.717, 1.165) is 78.5 Å². The fourth-order valence-electron chi connectivity index (χ4n) is 6.58. The first-order chi connectivity index (χ1) is 20.6. The van der Waals surface area contributed by atoms with Crippen molar-refractivity contribution in [3.05, 3.63) is 78.9 Å². The third kappa shape index (κ3) is 5.39. The summed E-state index contributed by atoms with van der Waals surface area (Å²) in [6.45, 7) is 5.85. The molecule has 2 N–H and O–H groups in total. The van der Waals surface area contributed by atoms with Crippen molar-refractivity contribution >= 4 is 22.5 Å². The summed E-state index contributed by atoms with van der Waals surface area (Å²) in [6, 6.07) is 17.2. The molecule has 10 heteroatoms. The minimum absolute atomic E-state index is 0.289. The third-order valence-electron chi connectivity index (χ3n) is 8.92. The monoisotopic (exact) mass is 566 g/mol.